The number of aromatic nitrogens is 1. The molecular formula is C11H17N3OS. The molecule has 0 spiro atoms. The Kier molecular flexibility index (Phi) is 3.90. The Morgan fingerprint density at radius 1 is 1.62 bits per heavy atom. The fourth-order valence-electron chi connectivity index (χ4n) is 1.98. The average molecular weight is 239 g/mol. The Labute approximate surface area is 99.7 Å². The van der Waals surface area contributed by atoms with Gasteiger partial charge in [0.25, 0.3) is 5.91 Å². The van der Waals surface area contributed by atoms with E-state index < -0.39 is 0 Å². The molecule has 0 atom stereocenters. The minimum atomic E-state index is -0.0313. The van der Waals surface area contributed by atoms with Crippen LogP contribution < -0.4 is 5.32 Å². The van der Waals surface area contributed by atoms with Crippen molar-refractivity contribution in [3.8, 4) is 0 Å². The Morgan fingerprint density at radius 2 is 2.38 bits per heavy atom. The first-order valence-electron chi connectivity index (χ1n) is 5.71. The molecule has 1 saturated heterocycles. The van der Waals surface area contributed by atoms with Gasteiger partial charge in [0.2, 0.25) is 0 Å². The van der Waals surface area contributed by atoms with Crippen molar-refractivity contribution in [3.05, 3.63) is 16.6 Å². The highest BCUT2D eigenvalue weighted by molar-refractivity contribution is 7.07. The van der Waals surface area contributed by atoms with E-state index in [4.69, 9.17) is 0 Å². The molecule has 0 unspecified atom stereocenters. The van der Waals surface area contributed by atoms with Crippen LogP contribution in [0, 0.1) is 0 Å². The van der Waals surface area contributed by atoms with E-state index >= 15 is 0 Å². The first-order chi connectivity index (χ1) is 7.79. The maximum atomic E-state index is 11.7. The summed E-state index contributed by atoms with van der Waals surface area (Å²) in [5.74, 6) is -0.0313. The highest BCUT2D eigenvalue weighted by Gasteiger charge is 2.20. The van der Waals surface area contributed by atoms with Gasteiger partial charge in [-0.2, -0.15) is 0 Å². The van der Waals surface area contributed by atoms with Crippen LogP contribution in [0.1, 0.15) is 30.3 Å². The summed E-state index contributed by atoms with van der Waals surface area (Å²) in [7, 11) is 0. The van der Waals surface area contributed by atoms with E-state index in [9.17, 15) is 4.79 Å². The number of carbonyl (C=O) groups is 1. The minimum absolute atomic E-state index is 0.0313. The first kappa shape index (κ1) is 11.5. The summed E-state index contributed by atoms with van der Waals surface area (Å²) < 4.78 is 0. The van der Waals surface area contributed by atoms with Gasteiger partial charge in [0.05, 0.1) is 5.51 Å². The Morgan fingerprint density at radius 3 is 2.94 bits per heavy atom. The second-order valence-electron chi connectivity index (χ2n) is 4.06. The molecule has 1 aliphatic rings. The Balaban J connectivity index is 1.81. The fourth-order valence-corrected chi connectivity index (χ4v) is 2.51. The summed E-state index contributed by atoms with van der Waals surface area (Å²) >= 11 is 1.45. The third-order valence-corrected chi connectivity index (χ3v) is 3.62. The maximum Gasteiger partial charge on any atom is 0.270 e. The summed E-state index contributed by atoms with van der Waals surface area (Å²) in [5, 5.41) is 4.83. The highest BCUT2D eigenvalue weighted by atomic mass is 32.1. The van der Waals surface area contributed by atoms with Gasteiger partial charge in [-0.05, 0) is 19.4 Å². The minimum Gasteiger partial charge on any atom is -0.348 e. The molecule has 1 aliphatic heterocycles. The largest absolute Gasteiger partial charge is 0.348 e. The molecule has 0 bridgehead atoms. The third-order valence-electron chi connectivity index (χ3n) is 3.03. The van der Waals surface area contributed by atoms with E-state index in [1.807, 2.05) is 0 Å². The van der Waals surface area contributed by atoms with Crippen LogP contribution in [0.4, 0.5) is 0 Å². The van der Waals surface area contributed by atoms with Crippen LogP contribution in [0.5, 0.6) is 0 Å². The van der Waals surface area contributed by atoms with Gasteiger partial charge < -0.3 is 10.2 Å². The number of nitrogens with one attached hydrogen (secondary N) is 1. The molecule has 1 amide bonds. The van der Waals surface area contributed by atoms with Gasteiger partial charge in [-0.3, -0.25) is 4.79 Å². The van der Waals surface area contributed by atoms with Crippen molar-refractivity contribution in [1.29, 1.82) is 0 Å². The SMILES string of the molecule is CCN1CCC(NC(=O)c2cscn2)CC1. The Bertz CT molecular complexity index is 331. The smallest absolute Gasteiger partial charge is 0.270 e. The van der Waals surface area contributed by atoms with Gasteiger partial charge >= 0.3 is 0 Å². The lowest BCUT2D eigenvalue weighted by Gasteiger charge is -2.31. The molecule has 1 fully saturated rings. The van der Waals surface area contributed by atoms with Crippen molar-refractivity contribution >= 4 is 17.2 Å². The van der Waals surface area contributed by atoms with E-state index in [0.29, 0.717) is 11.7 Å². The molecule has 16 heavy (non-hydrogen) atoms. The lowest BCUT2D eigenvalue weighted by Crippen LogP contribution is -2.44. The highest BCUT2D eigenvalue weighted by Crippen LogP contribution is 2.10. The van der Waals surface area contributed by atoms with Crippen LogP contribution in [0.2, 0.25) is 0 Å². The monoisotopic (exact) mass is 239 g/mol. The molecule has 1 aromatic heterocycles. The zero-order valence-electron chi connectivity index (χ0n) is 9.48. The number of piperidine rings is 1. The quantitative estimate of drug-likeness (QED) is 0.866. The molecule has 2 heterocycles. The zero-order valence-corrected chi connectivity index (χ0v) is 10.3. The maximum absolute atomic E-state index is 11.7. The van der Waals surface area contributed by atoms with E-state index in [2.05, 4.69) is 22.1 Å². The van der Waals surface area contributed by atoms with Gasteiger partial charge in [-0.25, -0.2) is 4.98 Å². The van der Waals surface area contributed by atoms with Gasteiger partial charge in [0, 0.05) is 24.5 Å². The summed E-state index contributed by atoms with van der Waals surface area (Å²) in [6, 6.07) is 0.317. The lowest BCUT2D eigenvalue weighted by molar-refractivity contribution is 0.0908. The van der Waals surface area contributed by atoms with E-state index in [0.717, 1.165) is 32.5 Å². The summed E-state index contributed by atoms with van der Waals surface area (Å²) in [5.41, 5.74) is 2.23. The molecule has 2 rings (SSSR count). The molecule has 88 valence electrons. The molecule has 0 aromatic carbocycles. The molecule has 1 N–H and O–H groups in total. The fraction of sp³-hybridized carbons (Fsp3) is 0.636. The van der Waals surface area contributed by atoms with Crippen molar-refractivity contribution in [2.24, 2.45) is 0 Å². The molecular weight excluding hydrogens is 222 g/mol. The number of nitrogens with zero attached hydrogens (tertiary/aromatic N) is 2. The summed E-state index contributed by atoms with van der Waals surface area (Å²) in [4.78, 5) is 18.2. The second kappa shape index (κ2) is 5.41. The van der Waals surface area contributed by atoms with Gasteiger partial charge in [-0.15, -0.1) is 11.3 Å². The molecule has 0 saturated carbocycles. The van der Waals surface area contributed by atoms with Crippen molar-refractivity contribution < 1.29 is 4.79 Å². The molecule has 0 radical (unpaired) electrons. The van der Waals surface area contributed by atoms with Crippen LogP contribution >= 0.6 is 11.3 Å². The first-order valence-corrected chi connectivity index (χ1v) is 6.65. The standard InChI is InChI=1S/C11H17N3OS/c1-2-14-5-3-9(4-6-14)13-11(15)10-7-16-8-12-10/h7-9H,2-6H2,1H3,(H,13,15). The predicted octanol–water partition coefficient (Wildman–Crippen LogP) is 1.36. The average Bonchev–Trinajstić information content (AvgIpc) is 2.83. The van der Waals surface area contributed by atoms with Crippen molar-refractivity contribution in [3.63, 3.8) is 0 Å². The second-order valence-corrected chi connectivity index (χ2v) is 4.77. The number of likely N-dealkylation sites (tertiary alicyclic amines) is 1. The van der Waals surface area contributed by atoms with Crippen LogP contribution in [0.25, 0.3) is 0 Å². The zero-order chi connectivity index (χ0) is 11.4. The summed E-state index contributed by atoms with van der Waals surface area (Å²) in [6.07, 6.45) is 2.09. The van der Waals surface area contributed by atoms with Gasteiger partial charge in [-0.1, -0.05) is 6.92 Å². The molecule has 1 aromatic rings. The van der Waals surface area contributed by atoms with Crippen molar-refractivity contribution in [1.82, 2.24) is 15.2 Å². The van der Waals surface area contributed by atoms with Crippen LogP contribution in [0.3, 0.4) is 0 Å². The number of hydrogen-bond donors (Lipinski definition) is 1. The van der Waals surface area contributed by atoms with Crippen LogP contribution in [-0.2, 0) is 0 Å². The van der Waals surface area contributed by atoms with Crippen LogP contribution in [0.15, 0.2) is 10.9 Å². The summed E-state index contributed by atoms with van der Waals surface area (Å²) in [6.45, 7) is 5.44. The van der Waals surface area contributed by atoms with Gasteiger partial charge in [0.1, 0.15) is 5.69 Å². The molecule has 0 aliphatic carbocycles. The molecule has 5 heteroatoms. The lowest BCUT2D eigenvalue weighted by atomic mass is 10.1. The number of carbonyl (C=O) groups excluding carboxylic acids is 1. The Hall–Kier alpha value is -0.940. The van der Waals surface area contributed by atoms with Gasteiger partial charge in [0.15, 0.2) is 0 Å². The van der Waals surface area contributed by atoms with Crippen molar-refractivity contribution in [2.75, 3.05) is 19.6 Å². The normalized spacial score (nSPS) is 18.6. The predicted molar refractivity (Wildman–Crippen MR) is 64.7 cm³/mol. The number of thiazole rings is 1. The molecule has 4 nitrogen and oxygen atoms in total. The van der Waals surface area contributed by atoms with Crippen molar-refractivity contribution in [2.45, 2.75) is 25.8 Å². The third kappa shape index (κ3) is 2.80. The number of amides is 1. The number of hydrogen-bond acceptors (Lipinski definition) is 4. The van der Waals surface area contributed by atoms with E-state index in [1.165, 1.54) is 11.3 Å². The van der Waals surface area contributed by atoms with Crippen LogP contribution in [-0.4, -0.2) is 41.5 Å². The topological polar surface area (TPSA) is 45.2 Å². The van der Waals surface area contributed by atoms with E-state index in [-0.39, 0.29) is 5.91 Å². The van der Waals surface area contributed by atoms with E-state index in [1.54, 1.807) is 10.9 Å². The number of rotatable bonds is 3.